The van der Waals surface area contributed by atoms with E-state index < -0.39 is 0 Å². The summed E-state index contributed by atoms with van der Waals surface area (Å²) in [7, 11) is 0. The van der Waals surface area contributed by atoms with Crippen LogP contribution in [0.15, 0.2) is 47.8 Å². The minimum Gasteiger partial charge on any atom is -0.348 e. The van der Waals surface area contributed by atoms with Gasteiger partial charge in [0.05, 0.1) is 17.5 Å². The van der Waals surface area contributed by atoms with Gasteiger partial charge in [0.25, 0.3) is 0 Å². The quantitative estimate of drug-likeness (QED) is 0.794. The van der Waals surface area contributed by atoms with Crippen LogP contribution in [0, 0.1) is 0 Å². The molecule has 0 aliphatic rings. The number of rotatable bonds is 7. The van der Waals surface area contributed by atoms with Gasteiger partial charge < -0.3 is 5.32 Å². The first kappa shape index (κ1) is 15.8. The maximum absolute atomic E-state index is 11.9. The monoisotopic (exact) mass is 319 g/mol. The zero-order valence-electron chi connectivity index (χ0n) is 11.7. The molecule has 21 heavy (non-hydrogen) atoms. The molecule has 0 aliphatic heterocycles. The van der Waals surface area contributed by atoms with Gasteiger partial charge in [0, 0.05) is 10.4 Å². The molecule has 0 spiro atoms. The molecule has 1 amide bonds. The summed E-state index contributed by atoms with van der Waals surface area (Å²) in [6, 6.07) is 13.1. The minimum atomic E-state index is -0.0400. The summed E-state index contributed by atoms with van der Waals surface area (Å²) >= 11 is 2.97. The summed E-state index contributed by atoms with van der Waals surface area (Å²) in [5.74, 6) is 0.639. The molecule has 1 aromatic carbocycles. The van der Waals surface area contributed by atoms with Gasteiger partial charge in [0.1, 0.15) is 0 Å². The van der Waals surface area contributed by atoms with Gasteiger partial charge in [0.2, 0.25) is 5.91 Å². The Balaban J connectivity index is 1.71. The summed E-state index contributed by atoms with van der Waals surface area (Å²) in [5, 5.41) is 4.93. The first-order chi connectivity index (χ1) is 10.2. The number of ketones is 1. The van der Waals surface area contributed by atoms with E-state index in [1.165, 1.54) is 11.8 Å². The molecule has 0 saturated carbocycles. The van der Waals surface area contributed by atoms with Crippen LogP contribution in [-0.4, -0.2) is 23.2 Å². The second kappa shape index (κ2) is 8.00. The number of carbonyl (C=O) groups excluding carboxylic acids is 2. The fourth-order valence-corrected chi connectivity index (χ4v) is 3.29. The molecular formula is C16H17NO2S2. The van der Waals surface area contributed by atoms with E-state index in [9.17, 15) is 9.59 Å². The number of amides is 1. The van der Waals surface area contributed by atoms with Gasteiger partial charge >= 0.3 is 0 Å². The predicted molar refractivity (Wildman–Crippen MR) is 89.0 cm³/mol. The lowest BCUT2D eigenvalue weighted by molar-refractivity contribution is -0.119. The van der Waals surface area contributed by atoms with Crippen LogP contribution in [0.3, 0.4) is 0 Å². The van der Waals surface area contributed by atoms with Crippen molar-refractivity contribution in [3.05, 3.63) is 58.3 Å². The van der Waals surface area contributed by atoms with Gasteiger partial charge in [0.15, 0.2) is 5.78 Å². The lowest BCUT2D eigenvalue weighted by Gasteiger charge is -2.11. The maximum atomic E-state index is 11.9. The van der Waals surface area contributed by atoms with Crippen LogP contribution in [0.1, 0.15) is 28.2 Å². The molecule has 2 aromatic rings. The number of Topliss-reactive ketones (excluding diaryl/α,β-unsaturated/α-hetero) is 1. The standard InChI is InChI=1S/C16H17NO2S2/c1-12(15-8-5-9-21-15)17-16(19)11-20-10-14(18)13-6-3-2-4-7-13/h2-9,12H,10-11H2,1H3,(H,17,19). The van der Waals surface area contributed by atoms with E-state index in [0.29, 0.717) is 17.1 Å². The van der Waals surface area contributed by atoms with Crippen molar-refractivity contribution < 1.29 is 9.59 Å². The van der Waals surface area contributed by atoms with Crippen LogP contribution in [0.4, 0.5) is 0 Å². The molecule has 1 atom stereocenters. The molecule has 0 saturated heterocycles. The Morgan fingerprint density at radius 2 is 1.90 bits per heavy atom. The molecule has 5 heteroatoms. The van der Waals surface area contributed by atoms with Gasteiger partial charge in [-0.25, -0.2) is 0 Å². The molecule has 1 aromatic heterocycles. The molecule has 1 unspecified atom stereocenters. The second-order valence-electron chi connectivity index (χ2n) is 4.59. The molecule has 2 rings (SSSR count). The summed E-state index contributed by atoms with van der Waals surface area (Å²) in [5.41, 5.74) is 0.692. The van der Waals surface area contributed by atoms with E-state index in [1.54, 1.807) is 23.5 Å². The van der Waals surface area contributed by atoms with Gasteiger partial charge in [-0.05, 0) is 18.4 Å². The molecule has 0 bridgehead atoms. The van der Waals surface area contributed by atoms with Gasteiger partial charge in [-0.2, -0.15) is 0 Å². The third-order valence-corrected chi connectivity index (χ3v) is 4.90. The maximum Gasteiger partial charge on any atom is 0.230 e. The van der Waals surface area contributed by atoms with Crippen molar-refractivity contribution in [2.24, 2.45) is 0 Å². The molecular weight excluding hydrogens is 302 g/mol. The largest absolute Gasteiger partial charge is 0.348 e. The summed E-state index contributed by atoms with van der Waals surface area (Å²) in [4.78, 5) is 24.8. The lowest BCUT2D eigenvalue weighted by Crippen LogP contribution is -2.28. The molecule has 110 valence electrons. The second-order valence-corrected chi connectivity index (χ2v) is 6.55. The fraction of sp³-hybridized carbons (Fsp3) is 0.250. The van der Waals surface area contributed by atoms with Crippen molar-refractivity contribution in [2.75, 3.05) is 11.5 Å². The van der Waals surface area contributed by atoms with Crippen LogP contribution in [0.5, 0.6) is 0 Å². The Hall–Kier alpha value is -1.59. The van der Waals surface area contributed by atoms with Gasteiger partial charge in [-0.1, -0.05) is 36.4 Å². The number of thioether (sulfide) groups is 1. The third kappa shape index (κ3) is 5.02. The Morgan fingerprint density at radius 1 is 1.14 bits per heavy atom. The van der Waals surface area contributed by atoms with E-state index in [0.717, 1.165) is 4.88 Å². The molecule has 0 radical (unpaired) electrons. The summed E-state index contributed by atoms with van der Waals surface area (Å²) in [6.07, 6.45) is 0. The van der Waals surface area contributed by atoms with E-state index >= 15 is 0 Å². The molecule has 1 heterocycles. The van der Waals surface area contributed by atoms with Crippen LogP contribution in [0.2, 0.25) is 0 Å². The highest BCUT2D eigenvalue weighted by atomic mass is 32.2. The smallest absolute Gasteiger partial charge is 0.230 e. The lowest BCUT2D eigenvalue weighted by atomic mass is 10.2. The fourth-order valence-electron chi connectivity index (χ4n) is 1.84. The Labute approximate surface area is 132 Å². The number of nitrogens with one attached hydrogen (secondary N) is 1. The normalized spacial score (nSPS) is 11.9. The number of thiophene rings is 1. The molecule has 3 nitrogen and oxygen atoms in total. The highest BCUT2D eigenvalue weighted by Gasteiger charge is 2.11. The van der Waals surface area contributed by atoms with E-state index in [2.05, 4.69) is 5.32 Å². The zero-order valence-corrected chi connectivity index (χ0v) is 13.4. The topological polar surface area (TPSA) is 46.2 Å². The van der Waals surface area contributed by atoms with Gasteiger partial charge in [-0.3, -0.25) is 9.59 Å². The Bertz CT molecular complexity index is 582. The summed E-state index contributed by atoms with van der Waals surface area (Å²) in [6.45, 7) is 1.96. The first-order valence-corrected chi connectivity index (χ1v) is 8.69. The van der Waals surface area contributed by atoms with Crippen LogP contribution in [-0.2, 0) is 4.79 Å². The molecule has 0 aliphatic carbocycles. The van der Waals surface area contributed by atoms with Crippen molar-refractivity contribution in [3.8, 4) is 0 Å². The van der Waals surface area contributed by atoms with E-state index in [-0.39, 0.29) is 17.7 Å². The minimum absolute atomic E-state index is 0.0166. The average molecular weight is 319 g/mol. The van der Waals surface area contributed by atoms with Crippen molar-refractivity contribution in [1.82, 2.24) is 5.32 Å². The number of hydrogen-bond donors (Lipinski definition) is 1. The number of benzene rings is 1. The van der Waals surface area contributed by atoms with Crippen LogP contribution < -0.4 is 5.32 Å². The predicted octanol–water partition coefficient (Wildman–Crippen LogP) is 3.54. The third-order valence-electron chi connectivity index (χ3n) is 2.91. The van der Waals surface area contributed by atoms with E-state index in [4.69, 9.17) is 0 Å². The molecule has 0 fully saturated rings. The molecule has 1 N–H and O–H groups in total. The van der Waals surface area contributed by atoms with Crippen molar-refractivity contribution in [2.45, 2.75) is 13.0 Å². The Kier molecular flexibility index (Phi) is 6.02. The number of hydrogen-bond acceptors (Lipinski definition) is 4. The SMILES string of the molecule is CC(NC(=O)CSCC(=O)c1ccccc1)c1cccs1. The first-order valence-electron chi connectivity index (χ1n) is 6.65. The van der Waals surface area contributed by atoms with Crippen molar-refractivity contribution in [1.29, 1.82) is 0 Å². The van der Waals surface area contributed by atoms with Gasteiger partial charge in [-0.15, -0.1) is 23.1 Å². The number of carbonyl (C=O) groups is 2. The van der Waals surface area contributed by atoms with E-state index in [1.807, 2.05) is 42.6 Å². The van der Waals surface area contributed by atoms with Crippen molar-refractivity contribution >= 4 is 34.8 Å². The average Bonchev–Trinajstić information content (AvgIpc) is 3.02. The zero-order chi connectivity index (χ0) is 15.1. The van der Waals surface area contributed by atoms with Crippen LogP contribution >= 0.6 is 23.1 Å². The highest BCUT2D eigenvalue weighted by molar-refractivity contribution is 8.00. The Morgan fingerprint density at radius 3 is 2.57 bits per heavy atom. The van der Waals surface area contributed by atoms with Crippen molar-refractivity contribution in [3.63, 3.8) is 0 Å². The highest BCUT2D eigenvalue weighted by Crippen LogP contribution is 2.18. The summed E-state index contributed by atoms with van der Waals surface area (Å²) < 4.78 is 0. The van der Waals surface area contributed by atoms with Crippen LogP contribution in [0.25, 0.3) is 0 Å².